The molecule has 2 amide bonds. The Labute approximate surface area is 421 Å². The normalized spacial score (nSPS) is 16.7. The highest BCUT2D eigenvalue weighted by Crippen LogP contribution is 2.40. The molecule has 70 heavy (non-hydrogen) atoms. The van der Waals surface area contributed by atoms with Crippen LogP contribution in [0.4, 0.5) is 0 Å². The van der Waals surface area contributed by atoms with E-state index in [1.54, 1.807) is 75.8 Å². The van der Waals surface area contributed by atoms with Crippen LogP contribution in [0.2, 0.25) is 10.0 Å². The van der Waals surface area contributed by atoms with Crippen LogP contribution in [0.25, 0.3) is 6.08 Å². The summed E-state index contributed by atoms with van der Waals surface area (Å²) in [4.78, 5) is 58.7. The van der Waals surface area contributed by atoms with Gasteiger partial charge in [-0.3, -0.25) is 19.5 Å². The number of carbonyl (C=O) groups is 4. The van der Waals surface area contributed by atoms with E-state index in [-0.39, 0.29) is 37.9 Å². The Kier molecular flexibility index (Phi) is 23.9. The van der Waals surface area contributed by atoms with E-state index < -0.39 is 23.8 Å². The van der Waals surface area contributed by atoms with Crippen molar-refractivity contribution < 1.29 is 33.4 Å². The summed E-state index contributed by atoms with van der Waals surface area (Å²) in [5, 5.41) is 30.6. The number of morpholine rings is 1. The number of ether oxygens (including phenoxy) is 3. The van der Waals surface area contributed by atoms with Gasteiger partial charge in [-0.15, -0.1) is 0 Å². The lowest BCUT2D eigenvalue weighted by Gasteiger charge is -2.31. The van der Waals surface area contributed by atoms with Crippen molar-refractivity contribution in [1.29, 1.82) is 10.5 Å². The Morgan fingerprint density at radius 2 is 1.36 bits per heavy atom. The summed E-state index contributed by atoms with van der Waals surface area (Å²) in [6.45, 7) is 14.5. The van der Waals surface area contributed by atoms with Crippen molar-refractivity contribution in [2.24, 2.45) is 0 Å². The molecule has 2 aromatic carbocycles. The molecule has 2 unspecified atom stereocenters. The van der Waals surface area contributed by atoms with Gasteiger partial charge in [-0.2, -0.15) is 10.5 Å². The molecule has 0 saturated carbocycles. The van der Waals surface area contributed by atoms with Gasteiger partial charge in [-0.25, -0.2) is 9.59 Å². The second-order valence-electron chi connectivity index (χ2n) is 16.2. The maximum Gasteiger partial charge on any atom is 0.336 e. The highest BCUT2D eigenvalue weighted by atomic mass is 35.5. The number of hydrogen-bond donors (Lipinski definition) is 4. The van der Waals surface area contributed by atoms with Gasteiger partial charge in [0, 0.05) is 89.0 Å². The van der Waals surface area contributed by atoms with E-state index in [1.165, 1.54) is 6.42 Å². The van der Waals surface area contributed by atoms with E-state index in [4.69, 9.17) is 47.9 Å². The van der Waals surface area contributed by atoms with Crippen LogP contribution in [-0.2, 0) is 33.4 Å². The zero-order chi connectivity index (χ0) is 50.8. The summed E-state index contributed by atoms with van der Waals surface area (Å²) in [7, 11) is 0. The first-order chi connectivity index (χ1) is 33.8. The summed E-state index contributed by atoms with van der Waals surface area (Å²) in [6, 6.07) is 21.8. The Balaban J connectivity index is 0.000000288. The molecule has 4 heterocycles. The number of esters is 2. The number of hydrogen-bond acceptors (Lipinski definition) is 13. The van der Waals surface area contributed by atoms with Crippen LogP contribution < -0.4 is 21.3 Å². The number of nitriles is 2. The van der Waals surface area contributed by atoms with Crippen LogP contribution in [0.3, 0.4) is 0 Å². The van der Waals surface area contributed by atoms with Crippen molar-refractivity contribution in [3.05, 3.63) is 151 Å². The smallest absolute Gasteiger partial charge is 0.336 e. The SMILES string of the molecule is CC1=C(C(=O)NC/C=C/c2ccncc2)C(c2cccc(Cl)c2)C(C(=O)OCCC#N)=C(C)N1.CC1=C(C(=O)OCCC#N)C(c2cccc(Cl)c2)C(C(=O)NCCCN2CCOCC2)=CN1.CCC. The van der Waals surface area contributed by atoms with Crippen molar-refractivity contribution in [1.82, 2.24) is 31.2 Å². The molecule has 6 rings (SSSR count). The first-order valence-electron chi connectivity index (χ1n) is 23.2. The molecule has 3 aliphatic heterocycles. The average Bonchev–Trinajstić information content (AvgIpc) is 3.35. The lowest BCUT2D eigenvalue weighted by Crippen LogP contribution is -2.39. The van der Waals surface area contributed by atoms with E-state index >= 15 is 0 Å². The Bertz CT molecular complexity index is 2520. The predicted molar refractivity (Wildman–Crippen MR) is 270 cm³/mol. The lowest BCUT2D eigenvalue weighted by atomic mass is 9.80. The fourth-order valence-corrected chi connectivity index (χ4v) is 8.08. The molecule has 1 aromatic heterocycles. The Morgan fingerprint density at radius 1 is 0.800 bits per heavy atom. The molecule has 3 aliphatic rings. The minimum Gasteiger partial charge on any atom is -0.461 e. The van der Waals surface area contributed by atoms with E-state index in [0.717, 1.165) is 44.8 Å². The van der Waals surface area contributed by atoms with Crippen molar-refractivity contribution in [3.8, 4) is 12.1 Å². The first-order valence-corrected chi connectivity index (χ1v) is 24.0. The number of amides is 2. The van der Waals surface area contributed by atoms with Crippen LogP contribution in [0, 0.1) is 22.7 Å². The third kappa shape index (κ3) is 17.0. The maximum absolute atomic E-state index is 13.3. The molecule has 0 aliphatic carbocycles. The van der Waals surface area contributed by atoms with Gasteiger partial charge >= 0.3 is 11.9 Å². The maximum atomic E-state index is 13.3. The molecule has 1 fully saturated rings. The third-order valence-electron chi connectivity index (χ3n) is 10.9. The number of rotatable bonds is 17. The number of halogens is 2. The van der Waals surface area contributed by atoms with Crippen molar-refractivity contribution in [2.45, 2.75) is 72.1 Å². The fraction of sp³-hybridized carbons (Fsp3) is 0.377. The van der Waals surface area contributed by atoms with E-state index in [1.807, 2.05) is 48.6 Å². The van der Waals surface area contributed by atoms with Crippen molar-refractivity contribution >= 4 is 53.0 Å². The van der Waals surface area contributed by atoms with Gasteiger partial charge in [-0.1, -0.05) is 79.9 Å². The fourth-order valence-electron chi connectivity index (χ4n) is 7.69. The monoisotopic (exact) mass is 992 g/mol. The summed E-state index contributed by atoms with van der Waals surface area (Å²) >= 11 is 12.5. The largest absolute Gasteiger partial charge is 0.461 e. The van der Waals surface area contributed by atoms with Gasteiger partial charge in [0.25, 0.3) is 0 Å². The standard InChI is InChI=1S/C26H25ClN4O3.C24H29ClN4O4.C3H8/c1-17-22(25(32)30-12-4-6-19-9-13-29-14-10-19)24(20-7-3-8-21(27)16-20)23(18(2)31-17)26(33)34-15-5-11-28;1-17-21(24(31)33-12-3-7-26)22(18-5-2-6-19(25)15-18)20(16-28-17)23(30)27-8-4-9-29-10-13-32-14-11-29;1-3-2/h3-4,6-10,13-14,16,24,31H,5,12,15H2,1-2H3,(H,30,32);2,5-6,15-16,22,28H,3-4,8-14H2,1H3,(H,27,30);3H2,1-2H3/b6-4+;;. The topological polar surface area (TPSA) is 208 Å². The van der Waals surface area contributed by atoms with Crippen LogP contribution in [-0.4, -0.2) is 92.8 Å². The minimum absolute atomic E-state index is 0.0127. The molecule has 0 radical (unpaired) electrons. The van der Waals surface area contributed by atoms with Gasteiger partial charge < -0.3 is 35.5 Å². The quantitative estimate of drug-likeness (QED) is 0.0745. The lowest BCUT2D eigenvalue weighted by molar-refractivity contribution is -0.140. The average molecular weight is 994 g/mol. The molecule has 17 heteroatoms. The third-order valence-corrected chi connectivity index (χ3v) is 11.3. The van der Waals surface area contributed by atoms with Crippen LogP contribution in [0.15, 0.2) is 125 Å². The predicted octanol–water partition coefficient (Wildman–Crippen LogP) is 8.15. The molecular formula is C53H62Cl2N8O7. The number of aromatic nitrogens is 1. The highest BCUT2D eigenvalue weighted by Gasteiger charge is 2.38. The molecule has 370 valence electrons. The second-order valence-corrected chi connectivity index (χ2v) is 17.1. The molecule has 0 spiro atoms. The van der Waals surface area contributed by atoms with Gasteiger partial charge in [-0.05, 0) is 86.8 Å². The number of nitrogens with zero attached hydrogens (tertiary/aromatic N) is 4. The number of pyridine rings is 1. The number of dihydropyridines is 2. The number of benzene rings is 2. The van der Waals surface area contributed by atoms with E-state index in [0.29, 0.717) is 73.6 Å². The minimum atomic E-state index is -0.682. The van der Waals surface area contributed by atoms with Gasteiger partial charge in [0.05, 0.1) is 55.3 Å². The Morgan fingerprint density at radius 3 is 1.93 bits per heavy atom. The van der Waals surface area contributed by atoms with Crippen LogP contribution in [0.5, 0.6) is 0 Å². The van der Waals surface area contributed by atoms with Gasteiger partial charge in [0.15, 0.2) is 0 Å². The molecule has 4 N–H and O–H groups in total. The molecule has 0 bridgehead atoms. The Hall–Kier alpha value is -6.75. The van der Waals surface area contributed by atoms with Crippen LogP contribution >= 0.6 is 23.2 Å². The summed E-state index contributed by atoms with van der Waals surface area (Å²) in [5.74, 6) is -3.04. The van der Waals surface area contributed by atoms with E-state index in [2.05, 4.69) is 45.0 Å². The zero-order valence-corrected chi connectivity index (χ0v) is 41.9. The summed E-state index contributed by atoms with van der Waals surface area (Å²) < 4.78 is 16.0. The molecule has 3 aromatic rings. The number of allylic oxidation sites excluding steroid dienone is 3. The summed E-state index contributed by atoms with van der Waals surface area (Å²) in [5.41, 5.74) is 5.62. The molecule has 1 saturated heterocycles. The molecule has 2 atom stereocenters. The van der Waals surface area contributed by atoms with Crippen molar-refractivity contribution in [2.75, 3.05) is 59.2 Å². The van der Waals surface area contributed by atoms with Gasteiger partial charge in [0.2, 0.25) is 11.8 Å². The number of nitrogens with one attached hydrogen (secondary N) is 4. The second kappa shape index (κ2) is 30.0. The number of carbonyl (C=O) groups excluding carboxylic acids is 4. The zero-order valence-electron chi connectivity index (χ0n) is 40.4. The van der Waals surface area contributed by atoms with Crippen molar-refractivity contribution in [3.63, 3.8) is 0 Å². The molecular weight excluding hydrogens is 932 g/mol. The molecule has 15 nitrogen and oxygen atoms in total. The van der Waals surface area contributed by atoms with Crippen LogP contribution in [0.1, 0.15) is 88.8 Å². The van der Waals surface area contributed by atoms with Gasteiger partial charge in [0.1, 0.15) is 13.2 Å². The first kappa shape index (κ1) is 55.8. The van der Waals surface area contributed by atoms with E-state index in [9.17, 15) is 19.2 Å². The summed E-state index contributed by atoms with van der Waals surface area (Å²) in [6.07, 6.45) is 11.0. The highest BCUT2D eigenvalue weighted by molar-refractivity contribution is 6.31.